The van der Waals surface area contributed by atoms with Crippen molar-refractivity contribution in [1.29, 1.82) is 0 Å². The molecule has 7 heteroatoms. The number of nitrogens with one attached hydrogen (secondary N) is 1. The molecule has 17 heavy (non-hydrogen) atoms. The lowest BCUT2D eigenvalue weighted by atomic mass is 10.1. The summed E-state index contributed by atoms with van der Waals surface area (Å²) in [6.45, 7) is 3.38. The second-order valence-corrected chi connectivity index (χ2v) is 7.04. The average molecular weight is 325 g/mol. The summed E-state index contributed by atoms with van der Waals surface area (Å²) in [6, 6.07) is 3.73. The fourth-order valence-corrected chi connectivity index (χ4v) is 2.88. The molecule has 0 heterocycles. The number of nitrogens with two attached hydrogens (primary N) is 1. The maximum Gasteiger partial charge on any atom is 0.243 e. The van der Waals surface area contributed by atoms with E-state index in [2.05, 4.69) is 20.7 Å². The molecule has 0 radical (unpaired) electrons. The van der Waals surface area contributed by atoms with Crippen LogP contribution in [-0.2, 0) is 10.0 Å². The molecular formula is C10H14BrFN2O2S. The Kier molecular flexibility index (Phi) is 4.29. The van der Waals surface area contributed by atoms with E-state index in [0.29, 0.717) is 4.47 Å². The molecule has 0 aliphatic rings. The Bertz CT molecular complexity index is 512. The van der Waals surface area contributed by atoms with Crippen LogP contribution in [0.2, 0.25) is 0 Å². The van der Waals surface area contributed by atoms with Crippen molar-refractivity contribution in [3.63, 3.8) is 0 Å². The highest BCUT2D eigenvalue weighted by atomic mass is 79.9. The van der Waals surface area contributed by atoms with E-state index in [9.17, 15) is 12.8 Å². The first kappa shape index (κ1) is 14.6. The van der Waals surface area contributed by atoms with Gasteiger partial charge >= 0.3 is 0 Å². The van der Waals surface area contributed by atoms with Crippen molar-refractivity contribution in [2.24, 2.45) is 5.73 Å². The number of hydrogen-bond acceptors (Lipinski definition) is 3. The van der Waals surface area contributed by atoms with Crippen molar-refractivity contribution in [2.45, 2.75) is 24.3 Å². The van der Waals surface area contributed by atoms with Gasteiger partial charge < -0.3 is 5.73 Å². The van der Waals surface area contributed by atoms with Crippen LogP contribution < -0.4 is 10.5 Å². The summed E-state index contributed by atoms with van der Waals surface area (Å²) in [5.41, 5.74) is 4.96. The molecule has 0 aliphatic heterocycles. The summed E-state index contributed by atoms with van der Waals surface area (Å²) < 4.78 is 39.8. The van der Waals surface area contributed by atoms with Crippen LogP contribution in [0.3, 0.4) is 0 Å². The van der Waals surface area contributed by atoms with Crippen LogP contribution in [0.5, 0.6) is 0 Å². The predicted molar refractivity (Wildman–Crippen MR) is 67.6 cm³/mol. The van der Waals surface area contributed by atoms with E-state index in [1.54, 1.807) is 13.8 Å². The summed E-state index contributed by atoms with van der Waals surface area (Å²) in [7, 11) is -3.88. The minimum atomic E-state index is -3.88. The Labute approximate surface area is 109 Å². The van der Waals surface area contributed by atoms with Crippen LogP contribution in [-0.4, -0.2) is 20.5 Å². The van der Waals surface area contributed by atoms with Gasteiger partial charge in [-0.2, -0.15) is 0 Å². The lowest BCUT2D eigenvalue weighted by molar-refractivity contribution is 0.494. The maximum absolute atomic E-state index is 13.4. The second kappa shape index (κ2) is 5.01. The topological polar surface area (TPSA) is 72.2 Å². The molecule has 0 unspecified atom stereocenters. The van der Waals surface area contributed by atoms with Gasteiger partial charge in [0.1, 0.15) is 10.7 Å². The minimum Gasteiger partial charge on any atom is -0.324 e. The largest absolute Gasteiger partial charge is 0.324 e. The lowest BCUT2D eigenvalue weighted by Crippen LogP contribution is -2.45. The third-order valence-corrected chi connectivity index (χ3v) is 3.81. The highest BCUT2D eigenvalue weighted by Gasteiger charge is 2.22. The van der Waals surface area contributed by atoms with Crippen molar-refractivity contribution in [3.05, 3.63) is 28.5 Å². The van der Waals surface area contributed by atoms with Crippen molar-refractivity contribution in [2.75, 3.05) is 6.54 Å². The zero-order valence-electron chi connectivity index (χ0n) is 9.50. The van der Waals surface area contributed by atoms with Crippen molar-refractivity contribution in [1.82, 2.24) is 4.72 Å². The average Bonchev–Trinajstić information content (AvgIpc) is 2.18. The fraction of sp³-hybridized carbons (Fsp3) is 0.400. The number of halogens is 2. The van der Waals surface area contributed by atoms with Gasteiger partial charge in [-0.25, -0.2) is 17.5 Å². The third-order valence-electron chi connectivity index (χ3n) is 1.90. The molecule has 1 rings (SSSR count). The predicted octanol–water partition coefficient (Wildman–Crippen LogP) is 1.60. The normalized spacial score (nSPS) is 12.8. The SMILES string of the molecule is CC(C)(N)CNS(=O)(=O)c1cc(Br)ccc1F. The van der Waals surface area contributed by atoms with E-state index < -0.39 is 26.3 Å². The molecule has 0 aliphatic carbocycles. The summed E-state index contributed by atoms with van der Waals surface area (Å²) in [5, 5.41) is 0. The van der Waals surface area contributed by atoms with Crippen LogP contribution in [0.25, 0.3) is 0 Å². The van der Waals surface area contributed by atoms with Gasteiger partial charge in [-0.3, -0.25) is 0 Å². The van der Waals surface area contributed by atoms with Gasteiger partial charge in [0, 0.05) is 16.6 Å². The van der Waals surface area contributed by atoms with Crippen molar-refractivity contribution >= 4 is 26.0 Å². The smallest absolute Gasteiger partial charge is 0.243 e. The molecule has 1 aromatic carbocycles. The van der Waals surface area contributed by atoms with E-state index in [1.165, 1.54) is 12.1 Å². The highest BCUT2D eigenvalue weighted by Crippen LogP contribution is 2.19. The zero-order chi connectivity index (χ0) is 13.3. The van der Waals surface area contributed by atoms with E-state index in [0.717, 1.165) is 6.07 Å². The molecule has 0 saturated carbocycles. The van der Waals surface area contributed by atoms with Crippen molar-refractivity contribution < 1.29 is 12.8 Å². The number of hydrogen-bond donors (Lipinski definition) is 2. The van der Waals surface area contributed by atoms with E-state index >= 15 is 0 Å². The standard InChI is InChI=1S/C10H14BrFN2O2S/c1-10(2,13)6-14-17(15,16)9-5-7(11)3-4-8(9)12/h3-5,14H,6,13H2,1-2H3. The van der Waals surface area contributed by atoms with Gasteiger partial charge in [-0.15, -0.1) is 0 Å². The van der Waals surface area contributed by atoms with Crippen LogP contribution in [0.1, 0.15) is 13.8 Å². The third kappa shape index (κ3) is 4.34. The molecule has 1 aromatic rings. The Balaban J connectivity index is 3.02. The molecule has 96 valence electrons. The van der Waals surface area contributed by atoms with E-state index in [4.69, 9.17) is 5.73 Å². The number of sulfonamides is 1. The fourth-order valence-electron chi connectivity index (χ4n) is 1.04. The molecule has 0 atom stereocenters. The molecule has 0 amide bonds. The van der Waals surface area contributed by atoms with Crippen LogP contribution in [0.4, 0.5) is 4.39 Å². The zero-order valence-corrected chi connectivity index (χ0v) is 11.9. The molecule has 0 aromatic heterocycles. The Morgan fingerprint density at radius 1 is 1.47 bits per heavy atom. The van der Waals surface area contributed by atoms with Gasteiger partial charge in [-0.1, -0.05) is 15.9 Å². The van der Waals surface area contributed by atoms with Crippen molar-refractivity contribution in [3.8, 4) is 0 Å². The summed E-state index contributed by atoms with van der Waals surface area (Å²) >= 11 is 3.10. The Morgan fingerprint density at radius 3 is 2.59 bits per heavy atom. The Hall–Kier alpha value is -0.500. The molecule has 0 spiro atoms. The lowest BCUT2D eigenvalue weighted by Gasteiger charge is -2.19. The molecular weight excluding hydrogens is 311 g/mol. The molecule has 0 fully saturated rings. The quantitative estimate of drug-likeness (QED) is 0.883. The molecule has 0 saturated heterocycles. The first-order chi connectivity index (χ1) is 7.62. The van der Waals surface area contributed by atoms with E-state index in [-0.39, 0.29) is 6.54 Å². The summed E-state index contributed by atoms with van der Waals surface area (Å²) in [5.74, 6) is -0.796. The van der Waals surface area contributed by atoms with Crippen LogP contribution >= 0.6 is 15.9 Å². The molecule has 4 nitrogen and oxygen atoms in total. The number of benzene rings is 1. The van der Waals surface area contributed by atoms with Gasteiger partial charge in [0.25, 0.3) is 0 Å². The first-order valence-electron chi connectivity index (χ1n) is 4.85. The van der Waals surface area contributed by atoms with Gasteiger partial charge in [-0.05, 0) is 32.0 Å². The first-order valence-corrected chi connectivity index (χ1v) is 7.13. The highest BCUT2D eigenvalue weighted by molar-refractivity contribution is 9.10. The van der Waals surface area contributed by atoms with E-state index in [1.807, 2.05) is 0 Å². The maximum atomic E-state index is 13.4. The summed E-state index contributed by atoms with van der Waals surface area (Å²) in [4.78, 5) is -0.392. The van der Waals surface area contributed by atoms with Gasteiger partial charge in [0.2, 0.25) is 10.0 Å². The second-order valence-electron chi connectivity index (χ2n) is 4.39. The van der Waals surface area contributed by atoms with Gasteiger partial charge in [0.15, 0.2) is 0 Å². The van der Waals surface area contributed by atoms with Gasteiger partial charge in [0.05, 0.1) is 0 Å². The summed E-state index contributed by atoms with van der Waals surface area (Å²) in [6.07, 6.45) is 0. The molecule has 0 bridgehead atoms. The molecule has 3 N–H and O–H groups in total. The number of rotatable bonds is 4. The van der Waals surface area contributed by atoms with Crippen LogP contribution in [0, 0.1) is 5.82 Å². The Morgan fingerprint density at radius 2 is 2.06 bits per heavy atom. The monoisotopic (exact) mass is 324 g/mol. The van der Waals surface area contributed by atoms with Crippen LogP contribution in [0.15, 0.2) is 27.6 Å². The minimum absolute atomic E-state index is 0.0291.